The fourth-order valence-corrected chi connectivity index (χ4v) is 2.97. The number of amides is 1. The van der Waals surface area contributed by atoms with Gasteiger partial charge in [-0.1, -0.05) is 13.8 Å². The lowest BCUT2D eigenvalue weighted by atomic mass is 9.74. The molecule has 1 unspecified atom stereocenters. The standard InChI is InChI=1S/C16H32N2O3/c1-16(2,14-7-5-8-17-13-14)15(19)18(10-12-21-4)9-6-11-20-3/h14,17H,5-13H2,1-4H3. The Bertz CT molecular complexity index is 302. The van der Waals surface area contributed by atoms with Crippen LogP contribution in [-0.2, 0) is 14.3 Å². The first-order valence-electron chi connectivity index (χ1n) is 8.02. The second kappa shape index (κ2) is 9.38. The van der Waals surface area contributed by atoms with E-state index in [0.717, 1.165) is 38.9 Å². The minimum absolute atomic E-state index is 0.240. The zero-order valence-corrected chi connectivity index (χ0v) is 14.1. The van der Waals surface area contributed by atoms with Crippen molar-refractivity contribution in [1.29, 1.82) is 0 Å². The number of hydrogen-bond acceptors (Lipinski definition) is 4. The van der Waals surface area contributed by atoms with Gasteiger partial charge in [-0.3, -0.25) is 4.79 Å². The Morgan fingerprint density at radius 1 is 1.24 bits per heavy atom. The van der Waals surface area contributed by atoms with Gasteiger partial charge in [0.15, 0.2) is 0 Å². The van der Waals surface area contributed by atoms with Gasteiger partial charge in [-0.15, -0.1) is 0 Å². The molecule has 1 amide bonds. The van der Waals surface area contributed by atoms with Crippen molar-refractivity contribution < 1.29 is 14.3 Å². The molecule has 0 aromatic heterocycles. The molecule has 1 heterocycles. The molecule has 0 spiro atoms. The van der Waals surface area contributed by atoms with Crippen LogP contribution in [0, 0.1) is 11.3 Å². The van der Waals surface area contributed by atoms with Crippen LogP contribution < -0.4 is 5.32 Å². The van der Waals surface area contributed by atoms with Gasteiger partial charge in [-0.2, -0.15) is 0 Å². The molecule has 0 aliphatic carbocycles. The van der Waals surface area contributed by atoms with E-state index in [2.05, 4.69) is 19.2 Å². The monoisotopic (exact) mass is 300 g/mol. The molecule has 124 valence electrons. The summed E-state index contributed by atoms with van der Waals surface area (Å²) in [5.41, 5.74) is -0.325. The molecule has 21 heavy (non-hydrogen) atoms. The number of hydrogen-bond donors (Lipinski definition) is 1. The minimum atomic E-state index is -0.325. The first-order valence-corrected chi connectivity index (χ1v) is 8.02. The number of carbonyl (C=O) groups is 1. The third-order valence-corrected chi connectivity index (χ3v) is 4.50. The summed E-state index contributed by atoms with van der Waals surface area (Å²) in [5, 5.41) is 3.41. The number of nitrogens with one attached hydrogen (secondary N) is 1. The van der Waals surface area contributed by atoms with Crippen LogP contribution in [0.5, 0.6) is 0 Å². The van der Waals surface area contributed by atoms with E-state index >= 15 is 0 Å². The molecule has 1 fully saturated rings. The van der Waals surface area contributed by atoms with Crippen LogP contribution in [0.1, 0.15) is 33.1 Å². The van der Waals surface area contributed by atoms with Crippen LogP contribution in [0.15, 0.2) is 0 Å². The summed E-state index contributed by atoms with van der Waals surface area (Å²) in [5.74, 6) is 0.649. The third-order valence-electron chi connectivity index (χ3n) is 4.50. The highest BCUT2D eigenvalue weighted by atomic mass is 16.5. The maximum Gasteiger partial charge on any atom is 0.228 e. The Morgan fingerprint density at radius 3 is 2.52 bits per heavy atom. The Hall–Kier alpha value is -0.650. The predicted molar refractivity (Wildman–Crippen MR) is 84.3 cm³/mol. The summed E-state index contributed by atoms with van der Waals surface area (Å²) >= 11 is 0. The van der Waals surface area contributed by atoms with Crippen molar-refractivity contribution in [2.75, 3.05) is 53.6 Å². The van der Waals surface area contributed by atoms with Gasteiger partial charge in [0.2, 0.25) is 5.91 Å². The Balaban J connectivity index is 2.66. The maximum atomic E-state index is 13.0. The van der Waals surface area contributed by atoms with E-state index < -0.39 is 0 Å². The topological polar surface area (TPSA) is 50.8 Å². The summed E-state index contributed by atoms with van der Waals surface area (Å²) in [6.07, 6.45) is 3.15. The molecule has 0 bridgehead atoms. The van der Waals surface area contributed by atoms with Gasteiger partial charge in [0, 0.05) is 39.3 Å². The van der Waals surface area contributed by atoms with Crippen molar-refractivity contribution in [3.8, 4) is 0 Å². The number of rotatable bonds is 9. The van der Waals surface area contributed by atoms with Crippen molar-refractivity contribution >= 4 is 5.91 Å². The molecule has 1 rings (SSSR count). The van der Waals surface area contributed by atoms with Crippen LogP contribution in [0.3, 0.4) is 0 Å². The smallest absolute Gasteiger partial charge is 0.228 e. The molecule has 1 aliphatic heterocycles. The minimum Gasteiger partial charge on any atom is -0.385 e. The van der Waals surface area contributed by atoms with E-state index in [9.17, 15) is 4.79 Å². The fourth-order valence-electron chi connectivity index (χ4n) is 2.97. The fraction of sp³-hybridized carbons (Fsp3) is 0.938. The number of piperidine rings is 1. The van der Waals surface area contributed by atoms with Gasteiger partial charge in [-0.25, -0.2) is 0 Å². The second-order valence-corrected chi connectivity index (χ2v) is 6.40. The lowest BCUT2D eigenvalue weighted by Crippen LogP contribution is -2.50. The van der Waals surface area contributed by atoms with E-state index in [1.165, 1.54) is 0 Å². The Morgan fingerprint density at radius 2 is 1.95 bits per heavy atom. The first-order chi connectivity index (χ1) is 10.0. The number of ether oxygens (including phenoxy) is 2. The van der Waals surface area contributed by atoms with Crippen molar-refractivity contribution in [3.63, 3.8) is 0 Å². The number of methoxy groups -OCH3 is 2. The molecule has 1 aliphatic rings. The van der Waals surface area contributed by atoms with Crippen LogP contribution >= 0.6 is 0 Å². The van der Waals surface area contributed by atoms with E-state index in [0.29, 0.717) is 25.7 Å². The Kier molecular flexibility index (Phi) is 8.22. The summed E-state index contributed by atoms with van der Waals surface area (Å²) in [4.78, 5) is 14.9. The van der Waals surface area contributed by atoms with Gasteiger partial charge in [0.05, 0.1) is 6.61 Å². The molecule has 0 aromatic carbocycles. The van der Waals surface area contributed by atoms with Gasteiger partial charge in [-0.05, 0) is 38.3 Å². The lowest BCUT2D eigenvalue weighted by molar-refractivity contribution is -0.144. The zero-order chi connectivity index (χ0) is 15.7. The molecule has 1 N–H and O–H groups in total. The molecular weight excluding hydrogens is 268 g/mol. The van der Waals surface area contributed by atoms with E-state index in [1.54, 1.807) is 14.2 Å². The maximum absolute atomic E-state index is 13.0. The van der Waals surface area contributed by atoms with Crippen molar-refractivity contribution in [1.82, 2.24) is 10.2 Å². The average molecular weight is 300 g/mol. The Labute approximate surface area is 129 Å². The molecule has 5 nitrogen and oxygen atoms in total. The van der Waals surface area contributed by atoms with Gasteiger partial charge >= 0.3 is 0 Å². The highest BCUT2D eigenvalue weighted by Gasteiger charge is 2.39. The molecule has 0 aromatic rings. The van der Waals surface area contributed by atoms with Gasteiger partial charge < -0.3 is 19.7 Å². The molecular formula is C16H32N2O3. The molecule has 1 saturated heterocycles. The van der Waals surface area contributed by atoms with E-state index in [1.807, 2.05) is 4.90 Å². The third kappa shape index (κ3) is 5.57. The molecule has 0 saturated carbocycles. The summed E-state index contributed by atoms with van der Waals surface area (Å²) in [6.45, 7) is 8.84. The highest BCUT2D eigenvalue weighted by molar-refractivity contribution is 5.82. The lowest BCUT2D eigenvalue weighted by Gasteiger charge is -2.39. The second-order valence-electron chi connectivity index (χ2n) is 6.40. The number of carbonyl (C=O) groups excluding carboxylic acids is 1. The predicted octanol–water partition coefficient (Wildman–Crippen LogP) is 1.52. The summed E-state index contributed by atoms with van der Waals surface area (Å²) in [7, 11) is 3.37. The van der Waals surface area contributed by atoms with Crippen LogP contribution in [0.4, 0.5) is 0 Å². The first kappa shape index (κ1) is 18.4. The highest BCUT2D eigenvalue weighted by Crippen LogP contribution is 2.33. The van der Waals surface area contributed by atoms with Crippen molar-refractivity contribution in [2.45, 2.75) is 33.1 Å². The van der Waals surface area contributed by atoms with Crippen LogP contribution in [-0.4, -0.2) is 64.4 Å². The van der Waals surface area contributed by atoms with Gasteiger partial charge in [0.25, 0.3) is 0 Å². The molecule has 1 atom stereocenters. The van der Waals surface area contributed by atoms with E-state index in [4.69, 9.17) is 9.47 Å². The van der Waals surface area contributed by atoms with E-state index in [-0.39, 0.29) is 11.3 Å². The van der Waals surface area contributed by atoms with Gasteiger partial charge in [0.1, 0.15) is 0 Å². The SMILES string of the molecule is COCCCN(CCOC)C(=O)C(C)(C)C1CCCNC1. The molecule has 0 radical (unpaired) electrons. The zero-order valence-electron chi connectivity index (χ0n) is 14.1. The van der Waals surface area contributed by atoms with Crippen molar-refractivity contribution in [2.24, 2.45) is 11.3 Å². The normalized spacial score (nSPS) is 19.5. The number of nitrogens with zero attached hydrogens (tertiary/aromatic N) is 1. The quantitative estimate of drug-likeness (QED) is 0.656. The summed E-state index contributed by atoms with van der Waals surface area (Å²) < 4.78 is 10.2. The van der Waals surface area contributed by atoms with Crippen LogP contribution in [0.25, 0.3) is 0 Å². The largest absolute Gasteiger partial charge is 0.385 e. The van der Waals surface area contributed by atoms with Crippen molar-refractivity contribution in [3.05, 3.63) is 0 Å². The molecule has 5 heteroatoms. The van der Waals surface area contributed by atoms with Crippen LogP contribution in [0.2, 0.25) is 0 Å². The summed E-state index contributed by atoms with van der Waals surface area (Å²) in [6, 6.07) is 0. The average Bonchev–Trinajstić information content (AvgIpc) is 2.51.